The highest BCUT2D eigenvalue weighted by Crippen LogP contribution is 2.20. The summed E-state index contributed by atoms with van der Waals surface area (Å²) in [5.41, 5.74) is 8.10. The van der Waals surface area contributed by atoms with E-state index in [2.05, 4.69) is 33.3 Å². The summed E-state index contributed by atoms with van der Waals surface area (Å²) < 4.78 is 0. The van der Waals surface area contributed by atoms with Gasteiger partial charge in [-0.1, -0.05) is 32.9 Å². The molecular formula is C12H18N. The lowest BCUT2D eigenvalue weighted by Gasteiger charge is -2.17. The maximum absolute atomic E-state index is 5.68. The Balaban J connectivity index is 2.55. The molecule has 2 N–H and O–H groups in total. The van der Waals surface area contributed by atoms with Gasteiger partial charge in [-0.25, -0.2) is 0 Å². The molecular weight excluding hydrogens is 158 g/mol. The molecule has 0 aliphatic carbocycles. The smallest absolute Gasteiger partial charge is 0.0316 e. The van der Waals surface area contributed by atoms with E-state index in [1.54, 1.807) is 0 Å². The van der Waals surface area contributed by atoms with Crippen LogP contribution in [-0.4, -0.2) is 0 Å². The van der Waals surface area contributed by atoms with Crippen LogP contribution in [-0.2, 0) is 6.42 Å². The third-order valence-electron chi connectivity index (χ3n) is 1.90. The van der Waals surface area contributed by atoms with E-state index in [0.29, 0.717) is 0 Å². The highest BCUT2D eigenvalue weighted by atomic mass is 14.5. The monoisotopic (exact) mass is 176 g/mol. The van der Waals surface area contributed by atoms with Crippen molar-refractivity contribution in [1.29, 1.82) is 0 Å². The Labute approximate surface area is 81.0 Å². The Kier molecular flexibility index (Phi) is 2.97. The number of anilines is 1. The van der Waals surface area contributed by atoms with Crippen LogP contribution in [0.2, 0.25) is 0 Å². The molecule has 0 aromatic heterocycles. The minimum Gasteiger partial charge on any atom is -0.399 e. The molecule has 0 heterocycles. The number of nitrogen functional groups attached to an aromatic ring is 1. The molecule has 71 valence electrons. The Morgan fingerprint density at radius 2 is 2.00 bits per heavy atom. The molecule has 0 saturated heterocycles. The molecule has 0 amide bonds. The van der Waals surface area contributed by atoms with Crippen molar-refractivity contribution in [3.63, 3.8) is 0 Å². The molecule has 1 aromatic carbocycles. The normalized spacial score (nSPS) is 11.6. The molecule has 1 nitrogen and oxygen atoms in total. The van der Waals surface area contributed by atoms with Gasteiger partial charge < -0.3 is 5.73 Å². The van der Waals surface area contributed by atoms with Crippen molar-refractivity contribution < 1.29 is 0 Å². The lowest BCUT2D eigenvalue weighted by atomic mass is 9.89. The van der Waals surface area contributed by atoms with Crippen molar-refractivity contribution in [3.05, 3.63) is 36.2 Å². The van der Waals surface area contributed by atoms with Crippen molar-refractivity contribution in [2.45, 2.75) is 27.2 Å². The van der Waals surface area contributed by atoms with Crippen molar-refractivity contribution in [2.24, 2.45) is 5.41 Å². The van der Waals surface area contributed by atoms with Gasteiger partial charge in [0.15, 0.2) is 0 Å². The predicted octanol–water partition coefficient (Wildman–Crippen LogP) is 3.06. The minimum absolute atomic E-state index is 0.282. The van der Waals surface area contributed by atoms with E-state index in [1.807, 2.05) is 18.2 Å². The van der Waals surface area contributed by atoms with Crippen molar-refractivity contribution in [1.82, 2.24) is 0 Å². The molecule has 0 bridgehead atoms. The fraction of sp³-hybridized carbons (Fsp3) is 0.417. The van der Waals surface area contributed by atoms with Gasteiger partial charge in [0.2, 0.25) is 0 Å². The average Bonchev–Trinajstić information content (AvgIpc) is 2.00. The van der Waals surface area contributed by atoms with Gasteiger partial charge in [-0.3, -0.25) is 0 Å². The summed E-state index contributed by atoms with van der Waals surface area (Å²) in [6, 6.07) is 8.06. The van der Waals surface area contributed by atoms with E-state index >= 15 is 0 Å². The highest BCUT2D eigenvalue weighted by Gasteiger charge is 2.09. The minimum atomic E-state index is 0.282. The van der Waals surface area contributed by atoms with E-state index in [-0.39, 0.29) is 5.41 Å². The summed E-state index contributed by atoms with van der Waals surface area (Å²) in [4.78, 5) is 0. The van der Waals surface area contributed by atoms with E-state index < -0.39 is 0 Å². The fourth-order valence-electron chi connectivity index (χ4n) is 1.14. The quantitative estimate of drug-likeness (QED) is 0.688. The maximum Gasteiger partial charge on any atom is 0.0316 e. The van der Waals surface area contributed by atoms with E-state index in [0.717, 1.165) is 12.1 Å². The molecule has 0 spiro atoms. The van der Waals surface area contributed by atoms with Crippen LogP contribution in [0.5, 0.6) is 0 Å². The summed E-state index contributed by atoms with van der Waals surface area (Å²) in [6.07, 6.45) is 3.30. The van der Waals surface area contributed by atoms with Crippen LogP contribution >= 0.6 is 0 Å². The van der Waals surface area contributed by atoms with Gasteiger partial charge in [0.1, 0.15) is 0 Å². The number of rotatable bonds is 2. The van der Waals surface area contributed by atoms with Gasteiger partial charge in [-0.05, 0) is 36.0 Å². The predicted molar refractivity (Wildman–Crippen MR) is 58.3 cm³/mol. The molecule has 0 aliphatic heterocycles. The third-order valence-corrected chi connectivity index (χ3v) is 1.90. The summed E-state index contributed by atoms with van der Waals surface area (Å²) >= 11 is 0. The van der Waals surface area contributed by atoms with Crippen molar-refractivity contribution in [2.75, 3.05) is 5.73 Å². The summed E-state index contributed by atoms with van der Waals surface area (Å²) in [7, 11) is 0. The van der Waals surface area contributed by atoms with Crippen LogP contribution in [0.15, 0.2) is 24.3 Å². The van der Waals surface area contributed by atoms with E-state index in [9.17, 15) is 0 Å². The van der Waals surface area contributed by atoms with E-state index in [1.165, 1.54) is 5.56 Å². The molecule has 0 aliphatic rings. The Morgan fingerprint density at radius 1 is 1.31 bits per heavy atom. The molecule has 0 unspecified atom stereocenters. The SMILES string of the molecule is CC(C)(C)[CH]Cc1cccc(N)c1. The number of nitrogens with two attached hydrogens (primary N) is 1. The van der Waals surface area contributed by atoms with Crippen LogP contribution in [0.25, 0.3) is 0 Å². The first-order valence-corrected chi connectivity index (χ1v) is 4.66. The average molecular weight is 176 g/mol. The summed E-state index contributed by atoms with van der Waals surface area (Å²) in [6.45, 7) is 6.62. The number of hydrogen-bond donors (Lipinski definition) is 1. The Bertz CT molecular complexity index is 271. The third kappa shape index (κ3) is 3.97. The Hall–Kier alpha value is -0.980. The van der Waals surface area contributed by atoms with Crippen molar-refractivity contribution >= 4 is 5.69 Å². The lowest BCUT2D eigenvalue weighted by Crippen LogP contribution is -2.07. The van der Waals surface area contributed by atoms with Gasteiger partial charge >= 0.3 is 0 Å². The van der Waals surface area contributed by atoms with Gasteiger partial charge in [0.25, 0.3) is 0 Å². The first kappa shape index (κ1) is 10.1. The molecule has 1 heteroatoms. The van der Waals surface area contributed by atoms with Gasteiger partial charge in [-0.2, -0.15) is 0 Å². The lowest BCUT2D eigenvalue weighted by molar-refractivity contribution is 0.483. The van der Waals surface area contributed by atoms with Gasteiger partial charge in [-0.15, -0.1) is 0 Å². The second-order valence-corrected chi connectivity index (χ2v) is 4.52. The van der Waals surface area contributed by atoms with Crippen molar-refractivity contribution in [3.8, 4) is 0 Å². The van der Waals surface area contributed by atoms with Crippen LogP contribution in [0.3, 0.4) is 0 Å². The molecule has 13 heavy (non-hydrogen) atoms. The maximum atomic E-state index is 5.68. The molecule has 1 aromatic rings. The molecule has 1 rings (SSSR count). The molecule has 1 radical (unpaired) electrons. The largest absolute Gasteiger partial charge is 0.399 e. The topological polar surface area (TPSA) is 26.0 Å². The molecule has 0 fully saturated rings. The zero-order valence-electron chi connectivity index (χ0n) is 8.67. The second-order valence-electron chi connectivity index (χ2n) is 4.52. The van der Waals surface area contributed by atoms with Gasteiger partial charge in [0.05, 0.1) is 0 Å². The van der Waals surface area contributed by atoms with Crippen LogP contribution in [0.4, 0.5) is 5.69 Å². The van der Waals surface area contributed by atoms with E-state index in [4.69, 9.17) is 5.73 Å². The van der Waals surface area contributed by atoms with Crippen LogP contribution < -0.4 is 5.73 Å². The first-order valence-electron chi connectivity index (χ1n) is 4.66. The van der Waals surface area contributed by atoms with Crippen LogP contribution in [0.1, 0.15) is 26.3 Å². The number of hydrogen-bond acceptors (Lipinski definition) is 1. The summed E-state index contributed by atoms with van der Waals surface area (Å²) in [5, 5.41) is 0. The number of benzene rings is 1. The summed E-state index contributed by atoms with van der Waals surface area (Å²) in [5.74, 6) is 0. The highest BCUT2D eigenvalue weighted by molar-refractivity contribution is 5.41. The first-order chi connectivity index (χ1) is 5.97. The van der Waals surface area contributed by atoms with Gasteiger partial charge in [0, 0.05) is 5.69 Å². The Morgan fingerprint density at radius 3 is 2.54 bits per heavy atom. The standard InChI is InChI=1S/C12H18N/c1-12(2,3)8-7-10-5-4-6-11(13)9-10/h4-6,8-9H,7,13H2,1-3H3. The fourth-order valence-corrected chi connectivity index (χ4v) is 1.14. The zero-order valence-corrected chi connectivity index (χ0v) is 8.67. The van der Waals surface area contributed by atoms with Crippen LogP contribution in [0, 0.1) is 11.8 Å². The molecule has 0 saturated carbocycles. The second kappa shape index (κ2) is 3.82. The molecule has 0 atom stereocenters. The zero-order chi connectivity index (χ0) is 9.90.